The van der Waals surface area contributed by atoms with Crippen LogP contribution in [0, 0.1) is 0 Å². The van der Waals surface area contributed by atoms with Gasteiger partial charge in [0.15, 0.2) is 0 Å². The van der Waals surface area contributed by atoms with E-state index >= 15 is 0 Å². The van der Waals surface area contributed by atoms with Crippen LogP contribution in [0.4, 0.5) is 5.69 Å². The van der Waals surface area contributed by atoms with E-state index in [2.05, 4.69) is 0 Å². The molecule has 0 saturated heterocycles. The van der Waals surface area contributed by atoms with Crippen LogP contribution < -0.4 is 11.5 Å². The summed E-state index contributed by atoms with van der Waals surface area (Å²) in [4.78, 5) is 0. The maximum Gasteiger partial charge on any atom is 0.0635 e. The molecule has 1 rings (SSSR count). The molecule has 0 aromatic heterocycles. The third-order valence-electron chi connectivity index (χ3n) is 1.62. The Labute approximate surface area is 77.5 Å². The largest absolute Gasteiger partial charge is 0.398 e. The highest BCUT2D eigenvalue weighted by molar-refractivity contribution is 6.33. The van der Waals surface area contributed by atoms with Gasteiger partial charge in [0.2, 0.25) is 0 Å². The van der Waals surface area contributed by atoms with E-state index in [0.717, 1.165) is 12.0 Å². The highest BCUT2D eigenvalue weighted by Gasteiger charge is 2.00. The Hall–Kier alpha value is -0.730. The van der Waals surface area contributed by atoms with Gasteiger partial charge in [-0.2, -0.15) is 0 Å². The SMILES string of the molecule is C[C@@H](N)Cc1ccc(Cl)c(N)c1. The minimum Gasteiger partial charge on any atom is -0.398 e. The zero-order chi connectivity index (χ0) is 9.14. The summed E-state index contributed by atoms with van der Waals surface area (Å²) in [6.07, 6.45) is 0.835. The second-order valence-electron chi connectivity index (χ2n) is 3.04. The van der Waals surface area contributed by atoms with Gasteiger partial charge in [-0.25, -0.2) is 0 Å². The first-order valence-corrected chi connectivity index (χ1v) is 4.27. The highest BCUT2D eigenvalue weighted by Crippen LogP contribution is 2.19. The number of rotatable bonds is 2. The van der Waals surface area contributed by atoms with Crippen LogP contribution in [-0.4, -0.2) is 6.04 Å². The van der Waals surface area contributed by atoms with Gasteiger partial charge in [-0.15, -0.1) is 0 Å². The van der Waals surface area contributed by atoms with Crippen molar-refractivity contribution in [3.05, 3.63) is 28.8 Å². The van der Waals surface area contributed by atoms with Crippen molar-refractivity contribution in [1.82, 2.24) is 0 Å². The Balaban J connectivity index is 2.82. The van der Waals surface area contributed by atoms with Gasteiger partial charge in [0.05, 0.1) is 10.7 Å². The van der Waals surface area contributed by atoms with Gasteiger partial charge >= 0.3 is 0 Å². The molecule has 4 N–H and O–H groups in total. The van der Waals surface area contributed by atoms with Crippen molar-refractivity contribution in [2.24, 2.45) is 5.73 Å². The summed E-state index contributed by atoms with van der Waals surface area (Å²) in [5.41, 5.74) is 13.0. The Morgan fingerprint density at radius 1 is 1.50 bits per heavy atom. The van der Waals surface area contributed by atoms with Crippen LogP contribution in [0.2, 0.25) is 5.02 Å². The number of benzene rings is 1. The molecule has 0 radical (unpaired) electrons. The molecule has 2 nitrogen and oxygen atoms in total. The molecular formula is C9H13ClN2. The van der Waals surface area contributed by atoms with Gasteiger partial charge in [-0.05, 0) is 31.0 Å². The molecule has 0 fully saturated rings. The predicted molar refractivity (Wildman–Crippen MR) is 53.2 cm³/mol. The summed E-state index contributed by atoms with van der Waals surface area (Å²) in [6.45, 7) is 1.96. The monoisotopic (exact) mass is 184 g/mol. The van der Waals surface area contributed by atoms with E-state index in [0.29, 0.717) is 10.7 Å². The van der Waals surface area contributed by atoms with Crippen molar-refractivity contribution in [3.63, 3.8) is 0 Å². The lowest BCUT2D eigenvalue weighted by Crippen LogP contribution is -2.17. The zero-order valence-electron chi connectivity index (χ0n) is 7.05. The van der Waals surface area contributed by atoms with Gasteiger partial charge in [-0.1, -0.05) is 17.7 Å². The lowest BCUT2D eigenvalue weighted by atomic mass is 10.1. The quantitative estimate of drug-likeness (QED) is 0.689. The maximum atomic E-state index is 5.76. The first kappa shape index (κ1) is 9.36. The van der Waals surface area contributed by atoms with Crippen molar-refractivity contribution in [3.8, 4) is 0 Å². The number of hydrogen-bond acceptors (Lipinski definition) is 2. The normalized spacial score (nSPS) is 12.9. The van der Waals surface area contributed by atoms with Gasteiger partial charge in [0.25, 0.3) is 0 Å². The zero-order valence-corrected chi connectivity index (χ0v) is 7.81. The second kappa shape index (κ2) is 3.78. The third-order valence-corrected chi connectivity index (χ3v) is 1.96. The summed E-state index contributed by atoms with van der Waals surface area (Å²) in [5.74, 6) is 0. The molecule has 1 atom stereocenters. The fraction of sp³-hybridized carbons (Fsp3) is 0.333. The van der Waals surface area contributed by atoms with E-state index in [1.807, 2.05) is 19.1 Å². The fourth-order valence-corrected chi connectivity index (χ4v) is 1.21. The molecule has 0 heterocycles. The summed E-state index contributed by atoms with van der Waals surface area (Å²) in [5, 5.41) is 0.600. The standard InChI is InChI=1S/C9H13ClN2/c1-6(11)4-7-2-3-8(10)9(12)5-7/h2-3,5-6H,4,11-12H2,1H3/t6-/m1/s1. The molecule has 0 aliphatic heterocycles. The molecule has 3 heteroatoms. The van der Waals surface area contributed by atoms with Crippen LogP contribution in [0.15, 0.2) is 18.2 Å². The van der Waals surface area contributed by atoms with E-state index in [9.17, 15) is 0 Å². The van der Waals surface area contributed by atoms with E-state index < -0.39 is 0 Å². The average molecular weight is 185 g/mol. The van der Waals surface area contributed by atoms with E-state index in [4.69, 9.17) is 23.1 Å². The molecule has 12 heavy (non-hydrogen) atoms. The minimum atomic E-state index is 0.158. The molecule has 66 valence electrons. The number of nitrogen functional groups attached to an aromatic ring is 1. The third kappa shape index (κ3) is 2.40. The Bertz CT molecular complexity index is 271. The minimum absolute atomic E-state index is 0.158. The van der Waals surface area contributed by atoms with Crippen LogP contribution in [0.5, 0.6) is 0 Å². The fourth-order valence-electron chi connectivity index (χ4n) is 1.09. The Morgan fingerprint density at radius 2 is 2.17 bits per heavy atom. The molecule has 0 saturated carbocycles. The van der Waals surface area contributed by atoms with E-state index in [1.54, 1.807) is 6.07 Å². The average Bonchev–Trinajstić information content (AvgIpc) is 1.96. The Morgan fingerprint density at radius 3 is 2.67 bits per heavy atom. The molecule has 1 aromatic rings. The van der Waals surface area contributed by atoms with Crippen LogP contribution in [0.3, 0.4) is 0 Å². The van der Waals surface area contributed by atoms with Gasteiger partial charge in [0.1, 0.15) is 0 Å². The summed E-state index contributed by atoms with van der Waals surface area (Å²) >= 11 is 5.76. The highest BCUT2D eigenvalue weighted by atomic mass is 35.5. The number of nitrogens with two attached hydrogens (primary N) is 2. The molecular weight excluding hydrogens is 172 g/mol. The van der Waals surface area contributed by atoms with Gasteiger partial charge in [-0.3, -0.25) is 0 Å². The van der Waals surface area contributed by atoms with E-state index in [1.165, 1.54) is 0 Å². The van der Waals surface area contributed by atoms with Crippen molar-refractivity contribution < 1.29 is 0 Å². The summed E-state index contributed by atoms with van der Waals surface area (Å²) in [7, 11) is 0. The van der Waals surface area contributed by atoms with Crippen molar-refractivity contribution in [1.29, 1.82) is 0 Å². The number of hydrogen-bond donors (Lipinski definition) is 2. The molecule has 0 amide bonds. The molecule has 0 spiro atoms. The second-order valence-corrected chi connectivity index (χ2v) is 3.44. The first-order chi connectivity index (χ1) is 5.59. The lowest BCUT2D eigenvalue weighted by molar-refractivity contribution is 0.738. The first-order valence-electron chi connectivity index (χ1n) is 3.89. The van der Waals surface area contributed by atoms with Crippen LogP contribution in [-0.2, 0) is 6.42 Å². The van der Waals surface area contributed by atoms with Crippen molar-refractivity contribution in [2.45, 2.75) is 19.4 Å². The smallest absolute Gasteiger partial charge is 0.0635 e. The number of anilines is 1. The van der Waals surface area contributed by atoms with E-state index in [-0.39, 0.29) is 6.04 Å². The van der Waals surface area contributed by atoms with Crippen LogP contribution >= 0.6 is 11.6 Å². The summed E-state index contributed by atoms with van der Waals surface area (Å²) < 4.78 is 0. The molecule has 0 bridgehead atoms. The van der Waals surface area contributed by atoms with Crippen molar-refractivity contribution >= 4 is 17.3 Å². The summed E-state index contributed by atoms with van der Waals surface area (Å²) in [6, 6.07) is 5.77. The number of halogens is 1. The maximum absolute atomic E-state index is 5.76. The van der Waals surface area contributed by atoms with Gasteiger partial charge in [0, 0.05) is 6.04 Å². The van der Waals surface area contributed by atoms with Gasteiger partial charge < -0.3 is 11.5 Å². The molecule has 0 aliphatic carbocycles. The molecule has 1 aromatic carbocycles. The van der Waals surface area contributed by atoms with Crippen molar-refractivity contribution in [2.75, 3.05) is 5.73 Å². The Kier molecular flexibility index (Phi) is 2.95. The molecule has 0 unspecified atom stereocenters. The lowest BCUT2D eigenvalue weighted by Gasteiger charge is -2.06. The molecule has 0 aliphatic rings. The van der Waals surface area contributed by atoms with Crippen LogP contribution in [0.25, 0.3) is 0 Å². The van der Waals surface area contributed by atoms with Crippen LogP contribution in [0.1, 0.15) is 12.5 Å². The topological polar surface area (TPSA) is 52.0 Å². The predicted octanol–water partition coefficient (Wildman–Crippen LogP) is 1.81.